The molecule has 0 spiro atoms. The smallest absolute Gasteiger partial charge is 0.234 e. The molecule has 0 aromatic carbocycles. The Balaban J connectivity index is 2.35. The summed E-state index contributed by atoms with van der Waals surface area (Å²) in [5.41, 5.74) is 0. The van der Waals surface area contributed by atoms with E-state index in [9.17, 15) is 4.79 Å². The molecule has 1 amide bonds. The Morgan fingerprint density at radius 1 is 1.39 bits per heavy atom. The second-order valence-electron chi connectivity index (χ2n) is 5.08. The summed E-state index contributed by atoms with van der Waals surface area (Å²) >= 11 is 0. The van der Waals surface area contributed by atoms with Crippen LogP contribution in [0.2, 0.25) is 0 Å². The molecule has 0 atom stereocenters. The Kier molecular flexibility index (Phi) is 5.77. The average Bonchev–Trinajstić information content (AvgIpc) is 2.63. The lowest BCUT2D eigenvalue weighted by Gasteiger charge is -2.10. The van der Waals surface area contributed by atoms with Gasteiger partial charge in [-0.2, -0.15) is 5.10 Å². The van der Waals surface area contributed by atoms with Gasteiger partial charge in [0.05, 0.1) is 13.1 Å². The molecule has 0 radical (unpaired) electrons. The molecular weight excluding hydrogens is 230 g/mol. The van der Waals surface area contributed by atoms with E-state index in [4.69, 9.17) is 0 Å². The molecule has 0 bridgehead atoms. The second-order valence-corrected chi connectivity index (χ2v) is 5.08. The number of rotatable bonds is 7. The molecule has 6 heteroatoms. The molecule has 18 heavy (non-hydrogen) atoms. The van der Waals surface area contributed by atoms with Crippen molar-refractivity contribution in [2.24, 2.45) is 5.92 Å². The minimum atomic E-state index is -0.0000695. The molecule has 0 aliphatic rings. The van der Waals surface area contributed by atoms with E-state index in [1.54, 1.807) is 6.33 Å². The van der Waals surface area contributed by atoms with Crippen LogP contribution in [0.4, 0.5) is 0 Å². The zero-order valence-electron chi connectivity index (χ0n) is 11.6. The predicted octanol–water partition coefficient (Wildman–Crippen LogP) is 0.548. The van der Waals surface area contributed by atoms with E-state index in [1.807, 2.05) is 18.5 Å². The molecule has 1 aromatic heterocycles. The summed E-state index contributed by atoms with van der Waals surface area (Å²) in [4.78, 5) is 15.6. The van der Waals surface area contributed by atoms with E-state index < -0.39 is 0 Å². The number of hydrogen-bond donors (Lipinski definition) is 2. The fraction of sp³-hybridized carbons (Fsp3) is 0.750. The lowest BCUT2D eigenvalue weighted by Crippen LogP contribution is -2.37. The van der Waals surface area contributed by atoms with Crippen LogP contribution in [-0.2, 0) is 17.9 Å². The summed E-state index contributed by atoms with van der Waals surface area (Å²) in [6, 6.07) is 0.170. The minimum Gasteiger partial charge on any atom is -0.353 e. The van der Waals surface area contributed by atoms with Gasteiger partial charge in [0.1, 0.15) is 12.2 Å². The molecule has 0 fully saturated rings. The first-order valence-electron chi connectivity index (χ1n) is 6.35. The molecule has 1 aromatic rings. The molecule has 6 nitrogen and oxygen atoms in total. The van der Waals surface area contributed by atoms with Crippen molar-refractivity contribution in [1.29, 1.82) is 0 Å². The normalized spacial score (nSPS) is 11.2. The van der Waals surface area contributed by atoms with Crippen molar-refractivity contribution in [3.8, 4) is 0 Å². The van der Waals surface area contributed by atoms with E-state index in [0.717, 1.165) is 12.4 Å². The summed E-state index contributed by atoms with van der Waals surface area (Å²) in [5, 5.41) is 10.1. The first-order chi connectivity index (χ1) is 8.49. The molecule has 0 unspecified atom stereocenters. The lowest BCUT2D eigenvalue weighted by molar-refractivity contribution is -0.120. The highest BCUT2D eigenvalue weighted by Gasteiger charge is 2.07. The monoisotopic (exact) mass is 253 g/mol. The fourth-order valence-electron chi connectivity index (χ4n) is 1.58. The zero-order valence-corrected chi connectivity index (χ0v) is 11.6. The highest BCUT2D eigenvalue weighted by molar-refractivity contribution is 5.78. The molecule has 1 heterocycles. The predicted molar refractivity (Wildman–Crippen MR) is 69.8 cm³/mol. The fourth-order valence-corrected chi connectivity index (χ4v) is 1.58. The van der Waals surface area contributed by atoms with Gasteiger partial charge in [-0.25, -0.2) is 9.67 Å². The molecule has 1 rings (SSSR count). The maximum atomic E-state index is 11.4. The number of carbonyl (C=O) groups excluding carboxylic acids is 1. The molecule has 102 valence electrons. The van der Waals surface area contributed by atoms with Gasteiger partial charge >= 0.3 is 0 Å². The third kappa shape index (κ3) is 5.27. The van der Waals surface area contributed by atoms with Crippen LogP contribution in [0, 0.1) is 5.92 Å². The van der Waals surface area contributed by atoms with Gasteiger partial charge in [-0.1, -0.05) is 13.8 Å². The number of hydrogen-bond acceptors (Lipinski definition) is 4. The standard InChI is InChI=1S/C12H23N5O/c1-9(2)7-17-11(14-8-15-17)5-13-6-12(18)16-10(3)4/h8-10,13H,5-7H2,1-4H3,(H,16,18). The van der Waals surface area contributed by atoms with Crippen LogP contribution in [0.25, 0.3) is 0 Å². The van der Waals surface area contributed by atoms with E-state index in [0.29, 0.717) is 19.0 Å². The number of aromatic nitrogens is 3. The van der Waals surface area contributed by atoms with Crippen molar-refractivity contribution in [2.75, 3.05) is 6.54 Å². The van der Waals surface area contributed by atoms with Crippen LogP contribution in [0.3, 0.4) is 0 Å². The maximum Gasteiger partial charge on any atom is 0.234 e. The Morgan fingerprint density at radius 2 is 2.11 bits per heavy atom. The Bertz CT molecular complexity index is 372. The van der Waals surface area contributed by atoms with Crippen molar-refractivity contribution in [2.45, 2.75) is 46.8 Å². The number of carbonyl (C=O) groups is 1. The molecule has 0 saturated carbocycles. The van der Waals surface area contributed by atoms with Crippen LogP contribution in [0.1, 0.15) is 33.5 Å². The van der Waals surface area contributed by atoms with E-state index in [-0.39, 0.29) is 11.9 Å². The molecule has 0 saturated heterocycles. The molecule has 2 N–H and O–H groups in total. The Morgan fingerprint density at radius 3 is 2.72 bits per heavy atom. The van der Waals surface area contributed by atoms with Crippen LogP contribution in [0.15, 0.2) is 6.33 Å². The highest BCUT2D eigenvalue weighted by atomic mass is 16.1. The minimum absolute atomic E-state index is 0.0000695. The Hall–Kier alpha value is -1.43. The number of nitrogens with zero attached hydrogens (tertiary/aromatic N) is 3. The summed E-state index contributed by atoms with van der Waals surface area (Å²) < 4.78 is 1.87. The van der Waals surface area contributed by atoms with E-state index in [1.165, 1.54) is 0 Å². The van der Waals surface area contributed by atoms with E-state index >= 15 is 0 Å². The number of nitrogens with one attached hydrogen (secondary N) is 2. The highest BCUT2D eigenvalue weighted by Crippen LogP contribution is 2.00. The van der Waals surface area contributed by atoms with Crippen molar-refractivity contribution >= 4 is 5.91 Å². The second kappa shape index (κ2) is 7.10. The average molecular weight is 253 g/mol. The first kappa shape index (κ1) is 14.6. The van der Waals surface area contributed by atoms with Gasteiger partial charge in [0.15, 0.2) is 0 Å². The van der Waals surface area contributed by atoms with Crippen molar-refractivity contribution in [3.05, 3.63) is 12.2 Å². The van der Waals surface area contributed by atoms with Gasteiger partial charge in [0.25, 0.3) is 0 Å². The lowest BCUT2D eigenvalue weighted by atomic mass is 10.2. The van der Waals surface area contributed by atoms with Crippen LogP contribution >= 0.6 is 0 Å². The topological polar surface area (TPSA) is 71.8 Å². The third-order valence-corrected chi connectivity index (χ3v) is 2.25. The molecule has 0 aliphatic heterocycles. The van der Waals surface area contributed by atoms with Gasteiger partial charge in [-0.15, -0.1) is 0 Å². The summed E-state index contributed by atoms with van der Waals surface area (Å²) in [6.07, 6.45) is 1.55. The van der Waals surface area contributed by atoms with Gasteiger partial charge < -0.3 is 10.6 Å². The largest absolute Gasteiger partial charge is 0.353 e. The van der Waals surface area contributed by atoms with E-state index in [2.05, 4.69) is 34.6 Å². The summed E-state index contributed by atoms with van der Waals surface area (Å²) in [5.74, 6) is 1.38. The molecular formula is C12H23N5O. The zero-order chi connectivity index (χ0) is 13.5. The SMILES string of the molecule is CC(C)Cn1ncnc1CNCC(=O)NC(C)C. The van der Waals surface area contributed by atoms with Crippen LogP contribution in [0.5, 0.6) is 0 Å². The van der Waals surface area contributed by atoms with Crippen LogP contribution < -0.4 is 10.6 Å². The van der Waals surface area contributed by atoms with Crippen molar-refractivity contribution in [3.63, 3.8) is 0 Å². The first-order valence-corrected chi connectivity index (χ1v) is 6.35. The third-order valence-electron chi connectivity index (χ3n) is 2.25. The van der Waals surface area contributed by atoms with Gasteiger partial charge in [-0.05, 0) is 19.8 Å². The summed E-state index contributed by atoms with van der Waals surface area (Å²) in [6.45, 7) is 9.85. The quantitative estimate of drug-likeness (QED) is 0.744. The number of amides is 1. The molecule has 0 aliphatic carbocycles. The van der Waals surface area contributed by atoms with Gasteiger partial charge in [0.2, 0.25) is 5.91 Å². The van der Waals surface area contributed by atoms with Crippen molar-refractivity contribution < 1.29 is 4.79 Å². The van der Waals surface area contributed by atoms with Gasteiger partial charge in [-0.3, -0.25) is 4.79 Å². The summed E-state index contributed by atoms with van der Waals surface area (Å²) in [7, 11) is 0. The Labute approximate surface area is 108 Å². The maximum absolute atomic E-state index is 11.4. The van der Waals surface area contributed by atoms with Crippen molar-refractivity contribution in [1.82, 2.24) is 25.4 Å². The van der Waals surface area contributed by atoms with Gasteiger partial charge in [0, 0.05) is 12.6 Å². The van der Waals surface area contributed by atoms with Crippen LogP contribution in [-0.4, -0.2) is 33.3 Å².